The van der Waals surface area contributed by atoms with Crippen LogP contribution in [0.25, 0.3) is 0 Å². The zero-order chi connectivity index (χ0) is 9.80. The van der Waals surface area contributed by atoms with Crippen molar-refractivity contribution in [3.05, 3.63) is 30.3 Å². The third-order valence-electron chi connectivity index (χ3n) is 2.09. The summed E-state index contributed by atoms with van der Waals surface area (Å²) >= 11 is 1.70. The monoisotopic (exact) mass is 207 g/mol. The molecule has 1 fully saturated rings. The van der Waals surface area contributed by atoms with E-state index in [1.807, 2.05) is 30.3 Å². The van der Waals surface area contributed by atoms with Crippen LogP contribution < -0.4 is 0 Å². The summed E-state index contributed by atoms with van der Waals surface area (Å²) in [6.45, 7) is 2.14. The van der Waals surface area contributed by atoms with Crippen LogP contribution in [0.3, 0.4) is 0 Å². The van der Waals surface area contributed by atoms with Crippen LogP contribution in [0.1, 0.15) is 13.3 Å². The molecule has 1 heterocycles. The van der Waals surface area contributed by atoms with E-state index in [-0.39, 0.29) is 0 Å². The van der Waals surface area contributed by atoms with E-state index in [2.05, 4.69) is 11.9 Å². The van der Waals surface area contributed by atoms with E-state index in [4.69, 9.17) is 4.74 Å². The van der Waals surface area contributed by atoms with E-state index in [1.165, 1.54) is 0 Å². The average Bonchev–Trinajstić information content (AvgIpc) is 2.67. The van der Waals surface area contributed by atoms with E-state index in [9.17, 15) is 0 Å². The Morgan fingerprint density at radius 3 is 2.86 bits per heavy atom. The number of benzene rings is 1. The molecule has 2 nitrogen and oxygen atoms in total. The minimum atomic E-state index is 0.350. The fraction of sp³-hybridized carbons (Fsp3) is 0.364. The van der Waals surface area contributed by atoms with Crippen LogP contribution >= 0.6 is 11.8 Å². The van der Waals surface area contributed by atoms with Crippen molar-refractivity contribution >= 4 is 22.7 Å². The molecule has 0 saturated carbocycles. The smallest absolute Gasteiger partial charge is 0.251 e. The highest BCUT2D eigenvalue weighted by atomic mass is 32.2. The zero-order valence-electron chi connectivity index (χ0n) is 8.14. The number of thioether (sulfide) groups is 1. The molecule has 1 aliphatic heterocycles. The van der Waals surface area contributed by atoms with E-state index >= 15 is 0 Å². The van der Waals surface area contributed by atoms with Gasteiger partial charge in [0.1, 0.15) is 6.10 Å². The Hall–Kier alpha value is -0.960. The minimum absolute atomic E-state index is 0.350. The number of rotatable bonds is 2. The lowest BCUT2D eigenvalue weighted by atomic mass is 10.3. The van der Waals surface area contributed by atoms with Crippen molar-refractivity contribution in [3.8, 4) is 0 Å². The van der Waals surface area contributed by atoms with Crippen LogP contribution in [0, 0.1) is 0 Å². The number of hydrogen-bond acceptors (Lipinski definition) is 3. The molecule has 1 aliphatic rings. The Morgan fingerprint density at radius 1 is 1.43 bits per heavy atom. The highest BCUT2D eigenvalue weighted by molar-refractivity contribution is 8.13. The average molecular weight is 207 g/mol. The number of aliphatic imine (C=N–C) groups is 1. The van der Waals surface area contributed by atoms with Crippen LogP contribution in [-0.4, -0.2) is 17.1 Å². The van der Waals surface area contributed by atoms with Gasteiger partial charge in [-0.1, -0.05) is 36.9 Å². The Bertz CT molecular complexity index is 323. The van der Waals surface area contributed by atoms with Crippen molar-refractivity contribution in [2.45, 2.75) is 19.4 Å². The summed E-state index contributed by atoms with van der Waals surface area (Å²) < 4.78 is 5.63. The topological polar surface area (TPSA) is 21.6 Å². The molecule has 1 aromatic carbocycles. The molecule has 3 heteroatoms. The summed E-state index contributed by atoms with van der Waals surface area (Å²) in [6.07, 6.45) is 1.41. The quantitative estimate of drug-likeness (QED) is 0.742. The van der Waals surface area contributed by atoms with Gasteiger partial charge in [-0.2, -0.15) is 0 Å². The van der Waals surface area contributed by atoms with Crippen LogP contribution in [0.15, 0.2) is 35.3 Å². The van der Waals surface area contributed by atoms with Gasteiger partial charge in [0.2, 0.25) is 0 Å². The van der Waals surface area contributed by atoms with Crippen molar-refractivity contribution in [1.82, 2.24) is 0 Å². The summed E-state index contributed by atoms with van der Waals surface area (Å²) in [5.41, 5.74) is 0.965. The van der Waals surface area contributed by atoms with Gasteiger partial charge in [-0.05, 0) is 18.6 Å². The molecular formula is C11H13NOS. The van der Waals surface area contributed by atoms with Crippen LogP contribution in [0.5, 0.6) is 0 Å². The summed E-state index contributed by atoms with van der Waals surface area (Å²) in [4.78, 5) is 4.41. The van der Waals surface area contributed by atoms with Crippen molar-refractivity contribution in [2.75, 3.05) is 5.75 Å². The first kappa shape index (κ1) is 9.59. The van der Waals surface area contributed by atoms with Gasteiger partial charge in [-0.25, -0.2) is 4.99 Å². The molecule has 0 spiro atoms. The van der Waals surface area contributed by atoms with E-state index in [1.54, 1.807) is 11.8 Å². The summed E-state index contributed by atoms with van der Waals surface area (Å²) in [5, 5.41) is 0.808. The number of nitrogens with zero attached hydrogens (tertiary/aromatic N) is 1. The molecule has 74 valence electrons. The van der Waals surface area contributed by atoms with Crippen LogP contribution in [0.4, 0.5) is 5.69 Å². The van der Waals surface area contributed by atoms with Crippen molar-refractivity contribution in [2.24, 2.45) is 4.99 Å². The van der Waals surface area contributed by atoms with Gasteiger partial charge in [0.15, 0.2) is 0 Å². The first-order chi connectivity index (χ1) is 6.88. The molecule has 1 atom stereocenters. The van der Waals surface area contributed by atoms with E-state index in [0.717, 1.165) is 23.1 Å². The Morgan fingerprint density at radius 2 is 2.21 bits per heavy atom. The standard InChI is InChI=1S/C11H13NOS/c1-2-10-8-14-11(13-10)12-9-6-4-3-5-7-9/h3-7,10H,2,8H2,1H3. The Labute approximate surface area is 88.4 Å². The van der Waals surface area contributed by atoms with E-state index < -0.39 is 0 Å². The fourth-order valence-electron chi connectivity index (χ4n) is 1.24. The van der Waals surface area contributed by atoms with Gasteiger partial charge >= 0.3 is 0 Å². The Kier molecular flexibility index (Phi) is 3.09. The van der Waals surface area contributed by atoms with Crippen LogP contribution in [0.2, 0.25) is 0 Å². The molecule has 0 aromatic heterocycles. The molecule has 0 bridgehead atoms. The first-order valence-corrected chi connectivity index (χ1v) is 5.80. The molecule has 1 unspecified atom stereocenters. The lowest BCUT2D eigenvalue weighted by Gasteiger charge is -2.03. The largest absolute Gasteiger partial charge is 0.469 e. The third-order valence-corrected chi connectivity index (χ3v) is 3.07. The summed E-state index contributed by atoms with van der Waals surface area (Å²) in [6, 6.07) is 9.92. The third kappa shape index (κ3) is 2.29. The molecular weight excluding hydrogens is 194 g/mol. The van der Waals surface area contributed by atoms with Crippen molar-refractivity contribution in [3.63, 3.8) is 0 Å². The maximum absolute atomic E-state index is 5.63. The lowest BCUT2D eigenvalue weighted by Crippen LogP contribution is -2.06. The fourth-order valence-corrected chi connectivity index (χ4v) is 2.25. The molecule has 0 radical (unpaired) electrons. The second-order valence-electron chi connectivity index (χ2n) is 3.17. The van der Waals surface area contributed by atoms with Gasteiger partial charge in [-0.3, -0.25) is 0 Å². The summed E-state index contributed by atoms with van der Waals surface area (Å²) in [7, 11) is 0. The molecule has 1 saturated heterocycles. The zero-order valence-corrected chi connectivity index (χ0v) is 8.96. The van der Waals surface area contributed by atoms with Crippen molar-refractivity contribution < 1.29 is 4.74 Å². The molecule has 2 rings (SSSR count). The molecule has 0 amide bonds. The lowest BCUT2D eigenvalue weighted by molar-refractivity contribution is 0.226. The first-order valence-electron chi connectivity index (χ1n) is 4.81. The molecule has 14 heavy (non-hydrogen) atoms. The molecule has 0 N–H and O–H groups in total. The normalized spacial score (nSPS) is 23.8. The van der Waals surface area contributed by atoms with E-state index in [0.29, 0.717) is 6.10 Å². The highest BCUT2D eigenvalue weighted by Gasteiger charge is 2.20. The highest BCUT2D eigenvalue weighted by Crippen LogP contribution is 2.24. The van der Waals surface area contributed by atoms with Crippen molar-refractivity contribution in [1.29, 1.82) is 0 Å². The van der Waals surface area contributed by atoms with Gasteiger partial charge in [0.25, 0.3) is 5.23 Å². The molecule has 0 aliphatic carbocycles. The van der Waals surface area contributed by atoms with Gasteiger partial charge in [0, 0.05) is 5.75 Å². The molecule has 1 aromatic rings. The van der Waals surface area contributed by atoms with Gasteiger partial charge < -0.3 is 4.74 Å². The predicted molar refractivity (Wildman–Crippen MR) is 61.2 cm³/mol. The maximum atomic E-state index is 5.63. The predicted octanol–water partition coefficient (Wildman–Crippen LogP) is 3.22. The van der Waals surface area contributed by atoms with Gasteiger partial charge in [-0.15, -0.1) is 0 Å². The Balaban J connectivity index is 2.06. The second-order valence-corrected chi connectivity index (χ2v) is 4.14. The maximum Gasteiger partial charge on any atom is 0.251 e. The number of para-hydroxylation sites is 1. The minimum Gasteiger partial charge on any atom is -0.469 e. The van der Waals surface area contributed by atoms with Gasteiger partial charge in [0.05, 0.1) is 5.69 Å². The number of hydrogen-bond donors (Lipinski definition) is 0. The second kappa shape index (κ2) is 4.51. The summed E-state index contributed by atoms with van der Waals surface area (Å²) in [5.74, 6) is 1.03. The van der Waals surface area contributed by atoms with Crippen LogP contribution in [-0.2, 0) is 4.74 Å². The number of ether oxygens (including phenoxy) is 1. The SMILES string of the molecule is CCC1CSC(=Nc2ccccc2)O1.